The van der Waals surface area contributed by atoms with Crippen molar-refractivity contribution in [1.29, 1.82) is 0 Å². The number of hydrogen-bond donors (Lipinski definition) is 0. The van der Waals surface area contributed by atoms with Gasteiger partial charge < -0.3 is 14.2 Å². The fourth-order valence-electron chi connectivity index (χ4n) is 7.49. The van der Waals surface area contributed by atoms with Crippen LogP contribution in [0.1, 0.15) is 150 Å². The average molecular weight is 497 g/mol. The Hall–Kier alpha value is 0.310. The molecule has 0 aromatic heterocycles. The number of rotatable bonds is 19. The van der Waals surface area contributed by atoms with Crippen LogP contribution in [-0.4, -0.2) is 35.1 Å². The zero-order valence-electron chi connectivity index (χ0n) is 23.4. The Morgan fingerprint density at radius 2 is 0.941 bits per heavy atom. The van der Waals surface area contributed by atoms with E-state index in [4.69, 9.17) is 14.2 Å². The summed E-state index contributed by atoms with van der Waals surface area (Å²) in [5.41, 5.74) is -0.205. The molecule has 3 nitrogen and oxygen atoms in total. The van der Waals surface area contributed by atoms with E-state index in [1.165, 1.54) is 115 Å². The zero-order valence-corrected chi connectivity index (χ0v) is 24.4. The van der Waals surface area contributed by atoms with Crippen molar-refractivity contribution in [2.45, 2.75) is 173 Å². The van der Waals surface area contributed by atoms with Crippen molar-refractivity contribution in [2.75, 3.05) is 12.3 Å². The van der Waals surface area contributed by atoms with Gasteiger partial charge >= 0.3 is 0 Å². The van der Waals surface area contributed by atoms with Gasteiger partial charge in [0.2, 0.25) is 0 Å². The van der Waals surface area contributed by atoms with E-state index in [9.17, 15) is 0 Å². The predicted molar refractivity (Wildman–Crippen MR) is 147 cm³/mol. The minimum Gasteiger partial charge on any atom is -0.343 e. The zero-order chi connectivity index (χ0) is 24.5. The minimum absolute atomic E-state index is 0.103. The number of unbranched alkanes of at least 4 members (excludes halogenated alkanes) is 15. The number of hydrogen-bond acceptors (Lipinski definition) is 3. The molecular formula is C30H57O3P. The summed E-state index contributed by atoms with van der Waals surface area (Å²) in [6.07, 6.45) is 27.5. The maximum absolute atomic E-state index is 6.53. The van der Waals surface area contributed by atoms with Crippen LogP contribution in [0, 0.1) is 5.92 Å². The van der Waals surface area contributed by atoms with Crippen molar-refractivity contribution in [1.82, 2.24) is 0 Å². The van der Waals surface area contributed by atoms with Crippen LogP contribution in [0.3, 0.4) is 0 Å². The molecule has 5 unspecified atom stereocenters. The summed E-state index contributed by atoms with van der Waals surface area (Å²) < 4.78 is 19.2. The van der Waals surface area contributed by atoms with Gasteiger partial charge in [-0.2, -0.15) is 0 Å². The van der Waals surface area contributed by atoms with Gasteiger partial charge in [0.25, 0.3) is 0 Å². The maximum Gasteiger partial charge on any atom is 0.172 e. The monoisotopic (exact) mass is 496 g/mol. The molecule has 5 atom stereocenters. The summed E-state index contributed by atoms with van der Waals surface area (Å²) in [6, 6.07) is 0. The molecule has 4 rings (SSSR count). The van der Waals surface area contributed by atoms with Crippen LogP contribution >= 0.6 is 8.58 Å². The fourth-order valence-corrected chi connectivity index (χ4v) is 9.34. The molecular weight excluding hydrogens is 439 g/mol. The van der Waals surface area contributed by atoms with Gasteiger partial charge in [0.05, 0.1) is 11.2 Å². The first-order valence-electron chi connectivity index (χ1n) is 15.0. The maximum atomic E-state index is 6.53. The lowest BCUT2D eigenvalue weighted by molar-refractivity contribution is -0.525. The molecule has 0 aromatic carbocycles. The predicted octanol–water partition coefficient (Wildman–Crippen LogP) is 9.36. The third-order valence-corrected chi connectivity index (χ3v) is 10.1. The lowest BCUT2D eigenvalue weighted by Crippen LogP contribution is -2.77. The first-order chi connectivity index (χ1) is 16.2. The van der Waals surface area contributed by atoms with E-state index in [-0.39, 0.29) is 11.2 Å². The van der Waals surface area contributed by atoms with E-state index in [0.29, 0.717) is 5.92 Å². The van der Waals surface area contributed by atoms with Crippen LogP contribution in [-0.2, 0) is 14.2 Å². The highest BCUT2D eigenvalue weighted by Gasteiger charge is 2.70. The molecule has 0 aromatic rings. The second-order valence-corrected chi connectivity index (χ2v) is 14.0. The van der Waals surface area contributed by atoms with Crippen molar-refractivity contribution in [3.05, 3.63) is 0 Å². The summed E-state index contributed by atoms with van der Waals surface area (Å²) in [4.78, 5) is 0. The lowest BCUT2D eigenvalue weighted by atomic mass is 9.65. The highest BCUT2D eigenvalue weighted by Crippen LogP contribution is 2.62. The van der Waals surface area contributed by atoms with Crippen molar-refractivity contribution >= 4 is 8.58 Å². The summed E-state index contributed by atoms with van der Waals surface area (Å²) in [5.74, 6) is -0.450. The molecule has 0 aliphatic carbocycles. The molecule has 4 bridgehead atoms. The van der Waals surface area contributed by atoms with E-state index in [2.05, 4.69) is 34.6 Å². The standard InChI is InChI=1S/C30H57O3P/c1-6-7-8-9-10-11-12-13-14-15-16-17-18-19-20-21-22-34-23-26-27(2)24-29(4)32-28(26,3)25-30(5,31-27)33-29/h26,34H,6-25H2,1-5H3. The Balaban J connectivity index is 1.14. The first-order valence-corrected chi connectivity index (χ1v) is 16.5. The van der Waals surface area contributed by atoms with Gasteiger partial charge in [0, 0.05) is 18.8 Å². The fraction of sp³-hybridized carbons (Fsp3) is 1.00. The van der Waals surface area contributed by atoms with Crippen LogP contribution in [0.5, 0.6) is 0 Å². The average Bonchev–Trinajstić information content (AvgIpc) is 2.71. The Morgan fingerprint density at radius 1 is 0.559 bits per heavy atom. The summed E-state index contributed by atoms with van der Waals surface area (Å²) >= 11 is 0. The van der Waals surface area contributed by atoms with Gasteiger partial charge in [0.1, 0.15) is 0 Å². The third kappa shape index (κ3) is 8.16. The van der Waals surface area contributed by atoms with Gasteiger partial charge in [-0.25, -0.2) is 0 Å². The van der Waals surface area contributed by atoms with Crippen LogP contribution in [0.4, 0.5) is 0 Å². The Morgan fingerprint density at radius 3 is 1.35 bits per heavy atom. The van der Waals surface area contributed by atoms with Gasteiger partial charge in [-0.1, -0.05) is 103 Å². The number of ether oxygens (including phenoxy) is 3. The molecule has 0 spiro atoms. The molecule has 4 saturated heterocycles. The first kappa shape index (κ1) is 28.9. The van der Waals surface area contributed by atoms with E-state index >= 15 is 0 Å². The highest BCUT2D eigenvalue weighted by molar-refractivity contribution is 7.37. The third-order valence-electron chi connectivity index (χ3n) is 8.70. The largest absolute Gasteiger partial charge is 0.343 e. The Kier molecular flexibility index (Phi) is 11.2. The van der Waals surface area contributed by atoms with Gasteiger partial charge in [0.15, 0.2) is 11.6 Å². The summed E-state index contributed by atoms with van der Waals surface area (Å²) in [7, 11) is 1.03. The normalized spacial score (nSPS) is 36.8. The molecule has 4 aliphatic rings. The molecule has 4 heteroatoms. The van der Waals surface area contributed by atoms with Crippen LogP contribution in [0.25, 0.3) is 0 Å². The van der Waals surface area contributed by atoms with Crippen molar-refractivity contribution in [2.24, 2.45) is 5.92 Å². The van der Waals surface area contributed by atoms with Crippen LogP contribution < -0.4 is 0 Å². The SMILES string of the molecule is CCCCCCCCCCCCCCCCCCPCC1C2(C)CC3(C)OC(C)(CC1(C)O3)O2. The molecule has 4 aliphatic heterocycles. The second kappa shape index (κ2) is 13.2. The summed E-state index contributed by atoms with van der Waals surface area (Å²) in [5, 5.41) is 0. The van der Waals surface area contributed by atoms with Crippen molar-refractivity contribution in [3.63, 3.8) is 0 Å². The Labute approximate surface area is 214 Å². The second-order valence-electron chi connectivity index (χ2n) is 12.6. The van der Waals surface area contributed by atoms with Crippen molar-refractivity contribution < 1.29 is 14.2 Å². The lowest BCUT2D eigenvalue weighted by Gasteiger charge is -2.69. The smallest absolute Gasteiger partial charge is 0.172 e. The van der Waals surface area contributed by atoms with Crippen molar-refractivity contribution in [3.8, 4) is 0 Å². The van der Waals surface area contributed by atoms with Gasteiger partial charge in [-0.3, -0.25) is 0 Å². The summed E-state index contributed by atoms with van der Waals surface area (Å²) in [6.45, 7) is 11.1. The van der Waals surface area contributed by atoms with Crippen LogP contribution in [0.2, 0.25) is 0 Å². The van der Waals surface area contributed by atoms with Crippen LogP contribution in [0.15, 0.2) is 0 Å². The van der Waals surface area contributed by atoms with E-state index in [1.807, 2.05) is 0 Å². The highest BCUT2D eigenvalue weighted by atomic mass is 31.1. The minimum atomic E-state index is -0.470. The molecule has 0 saturated carbocycles. The van der Waals surface area contributed by atoms with Gasteiger partial charge in [-0.05, 0) is 46.4 Å². The Bertz CT molecular complexity index is 550. The molecule has 4 heterocycles. The van der Waals surface area contributed by atoms with E-state index in [0.717, 1.165) is 21.4 Å². The molecule has 34 heavy (non-hydrogen) atoms. The van der Waals surface area contributed by atoms with E-state index in [1.54, 1.807) is 0 Å². The topological polar surface area (TPSA) is 27.7 Å². The van der Waals surface area contributed by atoms with E-state index < -0.39 is 11.6 Å². The molecule has 0 N–H and O–H groups in total. The molecule has 0 radical (unpaired) electrons. The molecule has 4 fully saturated rings. The molecule has 200 valence electrons. The quantitative estimate of drug-likeness (QED) is 0.132. The molecule has 0 amide bonds. The van der Waals surface area contributed by atoms with Gasteiger partial charge in [-0.15, -0.1) is 8.58 Å².